The fourth-order valence-electron chi connectivity index (χ4n) is 1.75. The Kier molecular flexibility index (Phi) is 4.63. The molecule has 5 nitrogen and oxygen atoms in total. The van der Waals surface area contributed by atoms with Crippen molar-refractivity contribution >= 4 is 17.5 Å². The summed E-state index contributed by atoms with van der Waals surface area (Å²) in [6.07, 6.45) is 0. The summed E-state index contributed by atoms with van der Waals surface area (Å²) in [6, 6.07) is 7.26. The molecule has 2 rings (SSSR count). The molecule has 1 amide bonds. The van der Waals surface area contributed by atoms with Gasteiger partial charge in [-0.05, 0) is 38.0 Å². The summed E-state index contributed by atoms with van der Waals surface area (Å²) in [4.78, 5) is 13.7. The number of aromatic nitrogens is 3. The number of nitrogens with one attached hydrogen (secondary N) is 1. The molecule has 0 aliphatic carbocycles. The summed E-state index contributed by atoms with van der Waals surface area (Å²) >= 11 is 5.96. The number of benzene rings is 1. The Morgan fingerprint density at radius 2 is 2.00 bits per heavy atom. The van der Waals surface area contributed by atoms with E-state index in [-0.39, 0.29) is 11.9 Å². The second-order valence-corrected chi connectivity index (χ2v) is 5.85. The highest BCUT2D eigenvalue weighted by Gasteiger charge is 2.19. The minimum Gasteiger partial charge on any atom is -0.348 e. The first-order valence-corrected chi connectivity index (χ1v) is 7.27. The third-order valence-electron chi connectivity index (χ3n) is 3.40. The molecule has 0 saturated carbocycles. The molecule has 1 atom stereocenters. The van der Waals surface area contributed by atoms with Crippen LogP contribution in [-0.4, -0.2) is 26.9 Å². The molecule has 1 N–H and O–H groups in total. The average molecular weight is 307 g/mol. The lowest BCUT2D eigenvalue weighted by Gasteiger charge is -2.16. The van der Waals surface area contributed by atoms with Crippen molar-refractivity contribution in [3.63, 3.8) is 0 Å². The molecule has 2 aromatic rings. The smallest absolute Gasteiger partial charge is 0.273 e. The summed E-state index contributed by atoms with van der Waals surface area (Å²) in [6.45, 7) is 7.85. The Morgan fingerprint density at radius 1 is 1.29 bits per heavy atom. The molecule has 0 saturated heterocycles. The summed E-state index contributed by atoms with van der Waals surface area (Å²) in [5.74, 6) is 0.152. The average Bonchev–Trinajstić information content (AvgIpc) is 2.80. The highest BCUT2D eigenvalue weighted by Crippen LogP contribution is 2.14. The van der Waals surface area contributed by atoms with Crippen LogP contribution in [0.4, 0.5) is 0 Å². The molecule has 6 heteroatoms. The van der Waals surface area contributed by atoms with Crippen LogP contribution in [0.5, 0.6) is 0 Å². The van der Waals surface area contributed by atoms with Crippen LogP contribution in [0.2, 0.25) is 5.02 Å². The molecule has 1 aromatic carbocycles. The maximum absolute atomic E-state index is 12.2. The number of amides is 1. The summed E-state index contributed by atoms with van der Waals surface area (Å²) in [5, 5.41) is 12.1. The minimum absolute atomic E-state index is 0.0771. The molecule has 112 valence electrons. The second kappa shape index (κ2) is 6.26. The standard InChI is InChI=1S/C15H19ClN4O/c1-9(2)10(3)17-15(21)14-11(4)18-20(19-14)13-7-5-6-12(16)8-13/h5-10H,1-4H3,(H,17,21). The van der Waals surface area contributed by atoms with Gasteiger partial charge in [0.25, 0.3) is 5.91 Å². The SMILES string of the molecule is Cc1nn(-c2cccc(Cl)c2)nc1C(=O)NC(C)C(C)C. The molecule has 0 spiro atoms. The van der Waals surface area contributed by atoms with E-state index in [1.165, 1.54) is 4.80 Å². The number of hydrogen-bond acceptors (Lipinski definition) is 3. The number of carbonyl (C=O) groups is 1. The first-order valence-electron chi connectivity index (χ1n) is 6.89. The largest absolute Gasteiger partial charge is 0.348 e. The predicted molar refractivity (Wildman–Crippen MR) is 82.9 cm³/mol. The Morgan fingerprint density at radius 3 is 2.62 bits per heavy atom. The van der Waals surface area contributed by atoms with Crippen LogP contribution in [0.3, 0.4) is 0 Å². The number of nitrogens with zero attached hydrogens (tertiary/aromatic N) is 3. The Hall–Kier alpha value is -1.88. The van der Waals surface area contributed by atoms with Gasteiger partial charge >= 0.3 is 0 Å². The second-order valence-electron chi connectivity index (χ2n) is 5.41. The maximum atomic E-state index is 12.2. The molecule has 0 bridgehead atoms. The molecule has 1 unspecified atom stereocenters. The van der Waals surface area contributed by atoms with Crippen LogP contribution in [0.25, 0.3) is 5.69 Å². The Labute approximate surface area is 129 Å². The van der Waals surface area contributed by atoms with Crippen LogP contribution in [0, 0.1) is 12.8 Å². The van der Waals surface area contributed by atoms with Crippen molar-refractivity contribution in [3.8, 4) is 5.69 Å². The maximum Gasteiger partial charge on any atom is 0.273 e. The molecule has 0 radical (unpaired) electrons. The van der Waals surface area contributed by atoms with Gasteiger partial charge in [-0.15, -0.1) is 5.10 Å². The molecular weight excluding hydrogens is 288 g/mol. The fourth-order valence-corrected chi connectivity index (χ4v) is 1.93. The van der Waals surface area contributed by atoms with Gasteiger partial charge in [0.05, 0.1) is 11.4 Å². The van der Waals surface area contributed by atoms with Gasteiger partial charge in [-0.3, -0.25) is 4.79 Å². The zero-order chi connectivity index (χ0) is 15.6. The van der Waals surface area contributed by atoms with Crippen molar-refractivity contribution in [1.29, 1.82) is 0 Å². The Balaban J connectivity index is 2.25. The lowest BCUT2D eigenvalue weighted by molar-refractivity contribution is 0.0924. The Bertz CT molecular complexity index is 651. The summed E-state index contributed by atoms with van der Waals surface area (Å²) in [5.41, 5.74) is 1.65. The summed E-state index contributed by atoms with van der Waals surface area (Å²) in [7, 11) is 0. The lowest BCUT2D eigenvalue weighted by Crippen LogP contribution is -2.36. The van der Waals surface area contributed by atoms with Crippen LogP contribution in [-0.2, 0) is 0 Å². The van der Waals surface area contributed by atoms with Crippen molar-refractivity contribution in [2.24, 2.45) is 5.92 Å². The van der Waals surface area contributed by atoms with E-state index in [1.807, 2.05) is 19.1 Å². The van der Waals surface area contributed by atoms with Crippen molar-refractivity contribution < 1.29 is 4.79 Å². The van der Waals surface area contributed by atoms with Gasteiger partial charge in [-0.25, -0.2) is 0 Å². The third-order valence-corrected chi connectivity index (χ3v) is 3.63. The number of rotatable bonds is 4. The van der Waals surface area contributed by atoms with Crippen LogP contribution >= 0.6 is 11.6 Å². The molecule has 1 aromatic heterocycles. The number of halogens is 1. The predicted octanol–water partition coefficient (Wildman–Crippen LogP) is 3.00. The first kappa shape index (κ1) is 15.5. The topological polar surface area (TPSA) is 59.8 Å². The zero-order valence-corrected chi connectivity index (χ0v) is 13.3. The van der Waals surface area contributed by atoms with E-state index < -0.39 is 0 Å². The van der Waals surface area contributed by atoms with Gasteiger partial charge in [0.1, 0.15) is 0 Å². The fraction of sp³-hybridized carbons (Fsp3) is 0.400. The molecule has 0 aliphatic rings. The zero-order valence-electron chi connectivity index (χ0n) is 12.6. The van der Waals surface area contributed by atoms with Crippen LogP contribution in [0.15, 0.2) is 24.3 Å². The van der Waals surface area contributed by atoms with E-state index in [9.17, 15) is 4.79 Å². The van der Waals surface area contributed by atoms with Crippen LogP contribution < -0.4 is 5.32 Å². The van der Waals surface area contributed by atoms with Gasteiger partial charge in [0.2, 0.25) is 0 Å². The van der Waals surface area contributed by atoms with Crippen molar-refractivity contribution in [2.75, 3.05) is 0 Å². The van der Waals surface area contributed by atoms with E-state index in [0.29, 0.717) is 22.3 Å². The first-order chi connectivity index (χ1) is 9.88. The van der Waals surface area contributed by atoms with Crippen molar-refractivity contribution in [2.45, 2.75) is 33.7 Å². The number of aryl methyl sites for hydroxylation is 1. The minimum atomic E-state index is -0.207. The van der Waals surface area contributed by atoms with Gasteiger partial charge in [-0.1, -0.05) is 31.5 Å². The van der Waals surface area contributed by atoms with Crippen molar-refractivity contribution in [1.82, 2.24) is 20.3 Å². The van der Waals surface area contributed by atoms with E-state index in [2.05, 4.69) is 29.4 Å². The highest BCUT2D eigenvalue weighted by molar-refractivity contribution is 6.30. The highest BCUT2D eigenvalue weighted by atomic mass is 35.5. The van der Waals surface area contributed by atoms with Crippen molar-refractivity contribution in [3.05, 3.63) is 40.7 Å². The van der Waals surface area contributed by atoms with E-state index in [4.69, 9.17) is 11.6 Å². The van der Waals surface area contributed by atoms with E-state index >= 15 is 0 Å². The molecule has 21 heavy (non-hydrogen) atoms. The molecular formula is C15H19ClN4O. The number of hydrogen-bond donors (Lipinski definition) is 1. The van der Waals surface area contributed by atoms with E-state index in [1.54, 1.807) is 19.1 Å². The quantitative estimate of drug-likeness (QED) is 0.944. The van der Waals surface area contributed by atoms with Gasteiger partial charge in [-0.2, -0.15) is 9.90 Å². The molecule has 0 aliphatic heterocycles. The molecule has 1 heterocycles. The lowest BCUT2D eigenvalue weighted by atomic mass is 10.1. The monoisotopic (exact) mass is 306 g/mol. The third kappa shape index (κ3) is 3.61. The number of carbonyl (C=O) groups excluding carboxylic acids is 1. The summed E-state index contributed by atoms with van der Waals surface area (Å²) < 4.78 is 0. The van der Waals surface area contributed by atoms with E-state index in [0.717, 1.165) is 5.69 Å². The van der Waals surface area contributed by atoms with Crippen LogP contribution in [0.1, 0.15) is 37.0 Å². The molecule has 0 fully saturated rings. The normalized spacial score (nSPS) is 12.5. The van der Waals surface area contributed by atoms with Gasteiger partial charge < -0.3 is 5.32 Å². The van der Waals surface area contributed by atoms with Gasteiger partial charge in [0, 0.05) is 11.1 Å². The van der Waals surface area contributed by atoms with Gasteiger partial charge in [0.15, 0.2) is 5.69 Å².